The Bertz CT molecular complexity index is 651. The Morgan fingerprint density at radius 2 is 1.85 bits per heavy atom. The fourth-order valence-corrected chi connectivity index (χ4v) is 2.07. The van der Waals surface area contributed by atoms with Gasteiger partial charge in [-0.1, -0.05) is 47.5 Å². The van der Waals surface area contributed by atoms with Gasteiger partial charge in [-0.3, -0.25) is 4.99 Å². The average molecular weight is 306 g/mol. The van der Waals surface area contributed by atoms with Gasteiger partial charge in [-0.2, -0.15) is 0 Å². The summed E-state index contributed by atoms with van der Waals surface area (Å²) in [5.74, 6) is 0.636. The monoisotopic (exact) mass is 305 g/mol. The molecule has 20 heavy (non-hydrogen) atoms. The lowest BCUT2D eigenvalue weighted by molar-refractivity contribution is 0.415. The lowest BCUT2D eigenvalue weighted by Crippen LogP contribution is -1.82. The molecule has 0 aliphatic rings. The first-order valence-electron chi connectivity index (χ1n) is 5.99. The van der Waals surface area contributed by atoms with E-state index in [9.17, 15) is 0 Å². The van der Waals surface area contributed by atoms with E-state index in [4.69, 9.17) is 27.9 Å². The Kier molecular flexibility index (Phi) is 5.22. The predicted octanol–water partition coefficient (Wildman–Crippen LogP) is 5.42. The highest BCUT2D eigenvalue weighted by atomic mass is 35.5. The summed E-state index contributed by atoms with van der Waals surface area (Å²) in [7, 11) is 1.58. The smallest absolute Gasteiger partial charge is 0.137 e. The molecule has 0 atom stereocenters. The summed E-state index contributed by atoms with van der Waals surface area (Å²) >= 11 is 12.1. The Morgan fingerprint density at radius 1 is 1.05 bits per heavy atom. The second-order valence-corrected chi connectivity index (χ2v) is 4.79. The first-order valence-corrected chi connectivity index (χ1v) is 6.75. The van der Waals surface area contributed by atoms with Gasteiger partial charge in [-0.15, -0.1) is 0 Å². The number of benzene rings is 2. The standard InChI is InChI=1S/C16H13Cl2NO/c1-20-16-9-8-13(11-15(16)18)19-10-4-6-12-5-2-3-7-14(12)17/h2-11H,1H3. The van der Waals surface area contributed by atoms with Gasteiger partial charge in [0.15, 0.2) is 0 Å². The summed E-state index contributed by atoms with van der Waals surface area (Å²) in [4.78, 5) is 4.29. The topological polar surface area (TPSA) is 21.6 Å². The molecule has 0 radical (unpaired) electrons. The summed E-state index contributed by atoms with van der Waals surface area (Å²) in [6.07, 6.45) is 5.43. The number of hydrogen-bond acceptors (Lipinski definition) is 2. The highest BCUT2D eigenvalue weighted by Gasteiger charge is 1.99. The van der Waals surface area contributed by atoms with Crippen LogP contribution >= 0.6 is 23.2 Å². The van der Waals surface area contributed by atoms with Crippen LogP contribution in [0.5, 0.6) is 5.75 Å². The van der Waals surface area contributed by atoms with Crippen molar-refractivity contribution in [3.05, 3.63) is 64.1 Å². The maximum Gasteiger partial charge on any atom is 0.137 e. The number of methoxy groups -OCH3 is 1. The molecule has 0 amide bonds. The second kappa shape index (κ2) is 7.13. The number of halogens is 2. The van der Waals surface area contributed by atoms with Crippen molar-refractivity contribution in [2.45, 2.75) is 0 Å². The Balaban J connectivity index is 2.07. The maximum atomic E-state index is 6.05. The van der Waals surface area contributed by atoms with E-state index in [0.29, 0.717) is 15.8 Å². The van der Waals surface area contributed by atoms with E-state index in [0.717, 1.165) is 11.3 Å². The third kappa shape index (κ3) is 3.86. The third-order valence-electron chi connectivity index (χ3n) is 2.63. The zero-order valence-electron chi connectivity index (χ0n) is 10.9. The molecule has 2 aromatic rings. The quantitative estimate of drug-likeness (QED) is 0.691. The number of nitrogens with zero attached hydrogens (tertiary/aromatic N) is 1. The predicted molar refractivity (Wildman–Crippen MR) is 86.6 cm³/mol. The fourth-order valence-electron chi connectivity index (χ4n) is 1.62. The van der Waals surface area contributed by atoms with Crippen LogP contribution in [0.1, 0.15) is 5.56 Å². The summed E-state index contributed by atoms with van der Waals surface area (Å²) in [6, 6.07) is 13.0. The van der Waals surface area contributed by atoms with Crippen LogP contribution in [0.2, 0.25) is 10.0 Å². The Morgan fingerprint density at radius 3 is 2.55 bits per heavy atom. The molecule has 0 spiro atoms. The Labute approximate surface area is 128 Å². The number of ether oxygens (including phenoxy) is 1. The summed E-state index contributed by atoms with van der Waals surface area (Å²) in [6.45, 7) is 0. The van der Waals surface area contributed by atoms with E-state index in [1.807, 2.05) is 42.5 Å². The minimum absolute atomic E-state index is 0.539. The number of hydrogen-bond donors (Lipinski definition) is 0. The first-order chi connectivity index (χ1) is 9.70. The molecule has 2 aromatic carbocycles. The highest BCUT2D eigenvalue weighted by molar-refractivity contribution is 6.32. The van der Waals surface area contributed by atoms with Gasteiger partial charge in [0.1, 0.15) is 5.75 Å². The summed E-state index contributed by atoms with van der Waals surface area (Å²) in [5.41, 5.74) is 1.72. The van der Waals surface area contributed by atoms with Crippen LogP contribution in [0.3, 0.4) is 0 Å². The average Bonchev–Trinajstić information content (AvgIpc) is 2.45. The summed E-state index contributed by atoms with van der Waals surface area (Å²) < 4.78 is 5.08. The van der Waals surface area contributed by atoms with Crippen LogP contribution in [-0.4, -0.2) is 13.3 Å². The van der Waals surface area contributed by atoms with Crippen LogP contribution in [0, 0.1) is 0 Å². The Hall–Kier alpha value is -1.77. The van der Waals surface area contributed by atoms with Gasteiger partial charge in [-0.25, -0.2) is 0 Å². The third-order valence-corrected chi connectivity index (χ3v) is 3.27. The molecule has 0 heterocycles. The molecule has 0 saturated carbocycles. The number of rotatable bonds is 4. The number of aliphatic imine (C=N–C) groups is 1. The zero-order chi connectivity index (χ0) is 14.4. The van der Waals surface area contributed by atoms with Crippen LogP contribution in [0.15, 0.2) is 53.5 Å². The molecule has 0 saturated heterocycles. The molecule has 4 heteroatoms. The number of allylic oxidation sites excluding steroid dienone is 1. The SMILES string of the molecule is COc1ccc(N=CC=Cc2ccccc2Cl)cc1Cl. The van der Waals surface area contributed by atoms with Gasteiger partial charge in [0.05, 0.1) is 17.8 Å². The van der Waals surface area contributed by atoms with Crippen LogP contribution in [0.4, 0.5) is 5.69 Å². The van der Waals surface area contributed by atoms with Gasteiger partial charge in [0.25, 0.3) is 0 Å². The minimum atomic E-state index is 0.539. The van der Waals surface area contributed by atoms with Crippen molar-refractivity contribution in [1.29, 1.82) is 0 Å². The lowest BCUT2D eigenvalue weighted by Gasteiger charge is -2.02. The van der Waals surface area contributed by atoms with Crippen molar-refractivity contribution in [3.63, 3.8) is 0 Å². The van der Waals surface area contributed by atoms with Gasteiger partial charge in [0, 0.05) is 11.2 Å². The summed E-state index contributed by atoms with van der Waals surface area (Å²) in [5, 5.41) is 1.25. The van der Waals surface area contributed by atoms with Crippen LogP contribution < -0.4 is 4.74 Å². The minimum Gasteiger partial charge on any atom is -0.495 e. The first kappa shape index (κ1) is 14.6. The molecule has 0 aromatic heterocycles. The van der Waals surface area contributed by atoms with E-state index in [1.165, 1.54) is 0 Å². The van der Waals surface area contributed by atoms with Crippen molar-refractivity contribution in [3.8, 4) is 5.75 Å². The van der Waals surface area contributed by atoms with Crippen molar-refractivity contribution in [1.82, 2.24) is 0 Å². The van der Waals surface area contributed by atoms with E-state index in [2.05, 4.69) is 4.99 Å². The van der Waals surface area contributed by atoms with Crippen molar-refractivity contribution in [2.24, 2.45) is 4.99 Å². The maximum absolute atomic E-state index is 6.05. The normalized spacial score (nSPS) is 11.3. The van der Waals surface area contributed by atoms with E-state index < -0.39 is 0 Å². The van der Waals surface area contributed by atoms with Crippen molar-refractivity contribution < 1.29 is 4.74 Å². The van der Waals surface area contributed by atoms with Gasteiger partial charge < -0.3 is 4.74 Å². The lowest BCUT2D eigenvalue weighted by atomic mass is 10.2. The molecular formula is C16H13Cl2NO. The van der Waals surface area contributed by atoms with E-state index in [-0.39, 0.29) is 0 Å². The van der Waals surface area contributed by atoms with Gasteiger partial charge >= 0.3 is 0 Å². The van der Waals surface area contributed by atoms with Gasteiger partial charge in [0.2, 0.25) is 0 Å². The van der Waals surface area contributed by atoms with Crippen LogP contribution in [0.25, 0.3) is 6.08 Å². The van der Waals surface area contributed by atoms with Crippen molar-refractivity contribution >= 4 is 41.2 Å². The molecule has 0 aliphatic heterocycles. The zero-order valence-corrected chi connectivity index (χ0v) is 12.4. The fraction of sp³-hybridized carbons (Fsp3) is 0.0625. The molecule has 0 unspecified atom stereocenters. The molecule has 2 rings (SSSR count). The molecule has 0 N–H and O–H groups in total. The molecule has 102 valence electrons. The highest BCUT2D eigenvalue weighted by Crippen LogP contribution is 2.28. The molecule has 2 nitrogen and oxygen atoms in total. The van der Waals surface area contributed by atoms with Crippen LogP contribution in [-0.2, 0) is 0 Å². The van der Waals surface area contributed by atoms with E-state index >= 15 is 0 Å². The molecule has 0 aliphatic carbocycles. The van der Waals surface area contributed by atoms with E-state index in [1.54, 1.807) is 25.5 Å². The molecular weight excluding hydrogens is 293 g/mol. The largest absolute Gasteiger partial charge is 0.495 e. The van der Waals surface area contributed by atoms with Crippen molar-refractivity contribution in [2.75, 3.05) is 7.11 Å². The molecule has 0 fully saturated rings. The van der Waals surface area contributed by atoms with Gasteiger partial charge in [-0.05, 0) is 35.9 Å². The second-order valence-electron chi connectivity index (χ2n) is 3.98. The molecule has 0 bridgehead atoms.